The maximum Gasteiger partial charge on any atom is 0.119 e. The minimum Gasteiger partial charge on any atom is -0.493 e. The number of benzene rings is 1. The highest BCUT2D eigenvalue weighted by molar-refractivity contribution is 6.17. The predicted molar refractivity (Wildman–Crippen MR) is 94.2 cm³/mol. The van der Waals surface area contributed by atoms with Gasteiger partial charge < -0.3 is 9.64 Å². The molecule has 1 saturated heterocycles. The Hall–Kier alpha value is -0.730. The summed E-state index contributed by atoms with van der Waals surface area (Å²) in [6.07, 6.45) is 10.2. The fourth-order valence-electron chi connectivity index (χ4n) is 3.17. The molecule has 0 saturated carbocycles. The van der Waals surface area contributed by atoms with E-state index in [4.69, 9.17) is 16.3 Å². The van der Waals surface area contributed by atoms with Gasteiger partial charge in [0.25, 0.3) is 0 Å². The summed E-state index contributed by atoms with van der Waals surface area (Å²) in [4.78, 5) is 1.77. The van der Waals surface area contributed by atoms with Crippen molar-refractivity contribution in [2.75, 3.05) is 32.1 Å². The molecule has 0 spiro atoms. The lowest BCUT2D eigenvalue weighted by Gasteiger charge is -2.17. The van der Waals surface area contributed by atoms with Gasteiger partial charge in [-0.2, -0.15) is 0 Å². The molecule has 0 amide bonds. The van der Waals surface area contributed by atoms with Crippen LogP contribution in [0.2, 0.25) is 0 Å². The molecular formula is C19H31ClNO+. The first-order valence-electron chi connectivity index (χ1n) is 9.00. The number of alkyl halides is 1. The van der Waals surface area contributed by atoms with Gasteiger partial charge in [-0.25, -0.2) is 0 Å². The van der Waals surface area contributed by atoms with E-state index < -0.39 is 0 Å². The van der Waals surface area contributed by atoms with Crippen LogP contribution in [0, 0.1) is 0 Å². The van der Waals surface area contributed by atoms with Crippen molar-refractivity contribution in [3.8, 4) is 5.75 Å². The molecular weight excluding hydrogens is 294 g/mol. The smallest absolute Gasteiger partial charge is 0.119 e. The van der Waals surface area contributed by atoms with Crippen LogP contribution in [0.3, 0.4) is 0 Å². The van der Waals surface area contributed by atoms with Gasteiger partial charge in [0.1, 0.15) is 5.75 Å². The van der Waals surface area contributed by atoms with Gasteiger partial charge in [0, 0.05) is 12.3 Å². The summed E-state index contributed by atoms with van der Waals surface area (Å²) < 4.78 is 5.87. The molecule has 124 valence electrons. The molecule has 1 heterocycles. The Morgan fingerprint density at radius 3 is 2.32 bits per heavy atom. The highest BCUT2D eigenvalue weighted by atomic mass is 35.5. The van der Waals surface area contributed by atoms with Gasteiger partial charge >= 0.3 is 0 Å². The van der Waals surface area contributed by atoms with Crippen molar-refractivity contribution < 1.29 is 9.64 Å². The van der Waals surface area contributed by atoms with Crippen LogP contribution in [-0.2, 0) is 6.42 Å². The summed E-state index contributed by atoms with van der Waals surface area (Å²) in [7, 11) is 0. The molecule has 0 bridgehead atoms. The Labute approximate surface area is 140 Å². The first-order chi connectivity index (χ1) is 10.9. The Morgan fingerprint density at radius 1 is 0.909 bits per heavy atom. The second-order valence-electron chi connectivity index (χ2n) is 6.41. The molecule has 2 nitrogen and oxygen atoms in total. The van der Waals surface area contributed by atoms with Crippen molar-refractivity contribution in [1.29, 1.82) is 0 Å². The van der Waals surface area contributed by atoms with Gasteiger partial charge in [0.05, 0.1) is 26.2 Å². The summed E-state index contributed by atoms with van der Waals surface area (Å²) in [6, 6.07) is 8.58. The van der Waals surface area contributed by atoms with Crippen LogP contribution in [0.15, 0.2) is 24.3 Å². The average molecular weight is 325 g/mol. The SMILES string of the molecule is ClCCCCc1ccc(OCCC[NH+]2CCCCCC2)cc1. The molecule has 1 aromatic rings. The standard InChI is InChI=1S/C19H30ClNO/c20-13-4-3-8-18-9-11-19(12-10-18)22-17-7-16-21-14-5-1-2-6-15-21/h9-12H,1-8,13-17H2/p+1. The van der Waals surface area contributed by atoms with Crippen LogP contribution in [0.25, 0.3) is 0 Å². The molecule has 1 N–H and O–H groups in total. The second-order valence-corrected chi connectivity index (χ2v) is 6.78. The fourth-order valence-corrected chi connectivity index (χ4v) is 3.36. The van der Waals surface area contributed by atoms with Crippen molar-refractivity contribution in [2.24, 2.45) is 0 Å². The van der Waals surface area contributed by atoms with Crippen LogP contribution >= 0.6 is 11.6 Å². The number of aryl methyl sites for hydroxylation is 1. The first-order valence-corrected chi connectivity index (χ1v) is 9.53. The number of unbranched alkanes of at least 4 members (excludes halogenated alkanes) is 1. The largest absolute Gasteiger partial charge is 0.493 e. The zero-order valence-electron chi connectivity index (χ0n) is 13.8. The molecule has 0 unspecified atom stereocenters. The van der Waals surface area contributed by atoms with Crippen molar-refractivity contribution in [1.82, 2.24) is 0 Å². The Bertz CT molecular complexity index is 385. The summed E-state index contributed by atoms with van der Waals surface area (Å²) in [5.74, 6) is 1.77. The zero-order valence-corrected chi connectivity index (χ0v) is 14.5. The van der Waals surface area contributed by atoms with Crippen molar-refractivity contribution in [3.63, 3.8) is 0 Å². The summed E-state index contributed by atoms with van der Waals surface area (Å²) in [5.41, 5.74) is 1.38. The predicted octanol–water partition coefficient (Wildman–Crippen LogP) is 3.48. The van der Waals surface area contributed by atoms with Crippen LogP contribution in [0.1, 0.15) is 50.5 Å². The Balaban J connectivity index is 1.60. The van der Waals surface area contributed by atoms with Crippen LogP contribution in [0.5, 0.6) is 5.75 Å². The Kier molecular flexibility index (Phi) is 8.74. The summed E-state index contributed by atoms with van der Waals surface area (Å²) >= 11 is 5.71. The van der Waals surface area contributed by atoms with E-state index in [2.05, 4.69) is 24.3 Å². The third-order valence-electron chi connectivity index (χ3n) is 4.53. The number of halogens is 1. The quantitative estimate of drug-likeness (QED) is 0.542. The van der Waals surface area contributed by atoms with Gasteiger partial charge in [-0.1, -0.05) is 12.1 Å². The third kappa shape index (κ3) is 7.02. The van der Waals surface area contributed by atoms with Gasteiger partial charge in [-0.15, -0.1) is 11.6 Å². The summed E-state index contributed by atoms with van der Waals surface area (Å²) in [6.45, 7) is 4.82. The molecule has 0 aromatic heterocycles. The van der Waals surface area contributed by atoms with E-state index in [1.165, 1.54) is 57.3 Å². The maximum absolute atomic E-state index is 5.87. The molecule has 0 radical (unpaired) electrons. The lowest BCUT2D eigenvalue weighted by atomic mass is 10.1. The fraction of sp³-hybridized carbons (Fsp3) is 0.684. The third-order valence-corrected chi connectivity index (χ3v) is 4.79. The topological polar surface area (TPSA) is 13.7 Å². The monoisotopic (exact) mass is 324 g/mol. The van der Waals surface area contributed by atoms with E-state index in [1.54, 1.807) is 4.90 Å². The van der Waals surface area contributed by atoms with Gasteiger partial charge in [-0.05, 0) is 62.6 Å². The van der Waals surface area contributed by atoms with Crippen molar-refractivity contribution in [3.05, 3.63) is 29.8 Å². The molecule has 1 aromatic carbocycles. The molecule has 1 aliphatic rings. The van der Waals surface area contributed by atoms with E-state index in [1.807, 2.05) is 0 Å². The molecule has 0 atom stereocenters. The van der Waals surface area contributed by atoms with E-state index in [-0.39, 0.29) is 0 Å². The molecule has 1 fully saturated rings. The van der Waals surface area contributed by atoms with Crippen LogP contribution < -0.4 is 9.64 Å². The zero-order chi connectivity index (χ0) is 15.5. The minimum absolute atomic E-state index is 0.764. The van der Waals surface area contributed by atoms with E-state index in [0.29, 0.717) is 0 Å². The van der Waals surface area contributed by atoms with Gasteiger partial charge in [0.2, 0.25) is 0 Å². The van der Waals surface area contributed by atoms with E-state index in [0.717, 1.165) is 37.5 Å². The normalized spacial score (nSPS) is 16.4. The van der Waals surface area contributed by atoms with Gasteiger partial charge in [-0.3, -0.25) is 0 Å². The van der Waals surface area contributed by atoms with E-state index >= 15 is 0 Å². The molecule has 3 heteroatoms. The lowest BCUT2D eigenvalue weighted by molar-refractivity contribution is -0.899. The van der Waals surface area contributed by atoms with Crippen molar-refractivity contribution in [2.45, 2.75) is 51.4 Å². The maximum atomic E-state index is 5.87. The highest BCUT2D eigenvalue weighted by Gasteiger charge is 2.11. The number of nitrogens with one attached hydrogen (secondary N) is 1. The average Bonchev–Trinajstić information content (AvgIpc) is 2.82. The molecule has 2 rings (SSSR count). The highest BCUT2D eigenvalue weighted by Crippen LogP contribution is 2.14. The number of quaternary nitrogens is 1. The number of hydrogen-bond acceptors (Lipinski definition) is 1. The Morgan fingerprint density at radius 2 is 1.64 bits per heavy atom. The van der Waals surface area contributed by atoms with Gasteiger partial charge in [0.15, 0.2) is 0 Å². The molecule has 0 aliphatic carbocycles. The second kappa shape index (κ2) is 10.9. The number of rotatable bonds is 9. The van der Waals surface area contributed by atoms with Crippen molar-refractivity contribution >= 4 is 11.6 Å². The van der Waals surface area contributed by atoms with Crippen LogP contribution in [0.4, 0.5) is 0 Å². The first kappa shape index (κ1) is 17.6. The van der Waals surface area contributed by atoms with E-state index in [9.17, 15) is 0 Å². The molecule has 22 heavy (non-hydrogen) atoms. The number of likely N-dealkylation sites (tertiary alicyclic amines) is 1. The molecule has 1 aliphatic heterocycles. The number of ether oxygens (including phenoxy) is 1. The number of hydrogen-bond donors (Lipinski definition) is 1. The van der Waals surface area contributed by atoms with Crippen LogP contribution in [-0.4, -0.2) is 32.1 Å². The summed E-state index contributed by atoms with van der Waals surface area (Å²) in [5, 5.41) is 0. The minimum atomic E-state index is 0.764. The lowest BCUT2D eigenvalue weighted by Crippen LogP contribution is -3.11.